The van der Waals surface area contributed by atoms with E-state index in [9.17, 15) is 0 Å². The number of fused-ring (bicyclic) bond motifs is 1. The van der Waals surface area contributed by atoms with E-state index in [1.165, 1.54) is 4.88 Å². The summed E-state index contributed by atoms with van der Waals surface area (Å²) in [5.41, 5.74) is 1.11. The quantitative estimate of drug-likeness (QED) is 0.794. The summed E-state index contributed by atoms with van der Waals surface area (Å²) in [5.74, 6) is 0. The Morgan fingerprint density at radius 2 is 2.43 bits per heavy atom. The minimum atomic E-state index is 0.139. The van der Waals surface area contributed by atoms with E-state index >= 15 is 0 Å². The fourth-order valence-electron chi connectivity index (χ4n) is 1.28. The second-order valence-corrected chi connectivity index (χ2v) is 4.00. The lowest BCUT2D eigenvalue weighted by molar-refractivity contribution is 0.311. The maximum atomic E-state index is 8.66. The summed E-state index contributed by atoms with van der Waals surface area (Å²) in [6.07, 6.45) is 9.12. The lowest BCUT2D eigenvalue weighted by atomic mass is 10.3. The van der Waals surface area contributed by atoms with Gasteiger partial charge in [-0.3, -0.25) is 0 Å². The van der Waals surface area contributed by atoms with Crippen molar-refractivity contribution < 1.29 is 5.11 Å². The first-order valence-electron chi connectivity index (χ1n) is 4.58. The van der Waals surface area contributed by atoms with Crippen LogP contribution in [0.5, 0.6) is 0 Å². The first-order chi connectivity index (χ1) is 6.90. The largest absolute Gasteiger partial charge is 0.395 e. The van der Waals surface area contributed by atoms with Crippen molar-refractivity contribution in [2.75, 3.05) is 18.5 Å². The molecule has 0 amide bonds. The third-order valence-corrected chi connectivity index (χ3v) is 2.94. The Balaban J connectivity index is 2.16. The Morgan fingerprint density at radius 3 is 3.29 bits per heavy atom. The molecule has 0 aromatic carbocycles. The molecule has 1 aliphatic rings. The first-order valence-corrected chi connectivity index (χ1v) is 5.39. The van der Waals surface area contributed by atoms with Crippen LogP contribution in [0.15, 0.2) is 18.2 Å². The van der Waals surface area contributed by atoms with Crippen LogP contribution in [0.3, 0.4) is 0 Å². The van der Waals surface area contributed by atoms with Gasteiger partial charge in [-0.2, -0.15) is 0 Å². The van der Waals surface area contributed by atoms with Crippen LogP contribution in [0.4, 0.5) is 5.13 Å². The second kappa shape index (κ2) is 4.39. The van der Waals surface area contributed by atoms with Gasteiger partial charge in [-0.1, -0.05) is 29.6 Å². The van der Waals surface area contributed by atoms with Gasteiger partial charge in [0.15, 0.2) is 5.13 Å². The van der Waals surface area contributed by atoms with Gasteiger partial charge in [0.05, 0.1) is 17.2 Å². The van der Waals surface area contributed by atoms with Crippen LogP contribution in [0.1, 0.15) is 10.6 Å². The van der Waals surface area contributed by atoms with Crippen molar-refractivity contribution in [1.82, 2.24) is 4.98 Å². The summed E-state index contributed by atoms with van der Waals surface area (Å²) in [4.78, 5) is 5.65. The Labute approximate surface area is 86.8 Å². The van der Waals surface area contributed by atoms with Crippen molar-refractivity contribution in [2.45, 2.75) is 6.42 Å². The normalized spacial score (nSPS) is 13.8. The highest BCUT2D eigenvalue weighted by Gasteiger charge is 2.08. The van der Waals surface area contributed by atoms with Crippen molar-refractivity contribution in [3.05, 3.63) is 28.8 Å². The molecule has 0 fully saturated rings. The second-order valence-electron chi connectivity index (χ2n) is 2.97. The maximum absolute atomic E-state index is 8.66. The fourth-order valence-corrected chi connectivity index (χ4v) is 2.21. The van der Waals surface area contributed by atoms with Crippen LogP contribution in [-0.2, 0) is 6.42 Å². The van der Waals surface area contributed by atoms with Crippen molar-refractivity contribution in [3.8, 4) is 0 Å². The summed E-state index contributed by atoms with van der Waals surface area (Å²) < 4.78 is 0. The number of aliphatic hydroxyl groups is 1. The van der Waals surface area contributed by atoms with Crippen LogP contribution in [0.25, 0.3) is 6.08 Å². The van der Waals surface area contributed by atoms with Gasteiger partial charge in [0.1, 0.15) is 0 Å². The first kappa shape index (κ1) is 9.43. The molecule has 3 nitrogen and oxygen atoms in total. The molecular formula is C10H12N2OS. The minimum Gasteiger partial charge on any atom is -0.395 e. The van der Waals surface area contributed by atoms with E-state index in [4.69, 9.17) is 5.11 Å². The summed E-state index contributed by atoms with van der Waals surface area (Å²) in [6.45, 7) is 0.700. The lowest BCUT2D eigenvalue weighted by Gasteiger charge is -1.96. The molecular weight excluding hydrogens is 196 g/mol. The molecule has 0 unspecified atom stereocenters. The highest BCUT2D eigenvalue weighted by molar-refractivity contribution is 7.16. The van der Waals surface area contributed by atoms with Gasteiger partial charge >= 0.3 is 0 Å². The number of allylic oxidation sites excluding steroid dienone is 3. The molecule has 0 saturated carbocycles. The predicted octanol–water partition coefficient (Wildman–Crippen LogP) is 1.67. The van der Waals surface area contributed by atoms with E-state index in [0.29, 0.717) is 6.54 Å². The zero-order valence-corrected chi connectivity index (χ0v) is 8.55. The monoisotopic (exact) mass is 208 g/mol. The molecule has 14 heavy (non-hydrogen) atoms. The number of thiazole rings is 1. The van der Waals surface area contributed by atoms with E-state index in [1.807, 2.05) is 12.2 Å². The van der Waals surface area contributed by atoms with E-state index in [0.717, 1.165) is 17.2 Å². The van der Waals surface area contributed by atoms with Crippen LogP contribution in [0.2, 0.25) is 0 Å². The maximum Gasteiger partial charge on any atom is 0.183 e. The van der Waals surface area contributed by atoms with Crippen molar-refractivity contribution in [2.24, 2.45) is 0 Å². The number of rotatable bonds is 3. The molecule has 0 spiro atoms. The van der Waals surface area contributed by atoms with Gasteiger partial charge < -0.3 is 10.4 Å². The molecule has 1 heterocycles. The molecule has 1 aliphatic carbocycles. The molecule has 0 aliphatic heterocycles. The van der Waals surface area contributed by atoms with Gasteiger partial charge in [-0.25, -0.2) is 4.98 Å². The molecule has 2 rings (SSSR count). The number of aromatic nitrogens is 1. The predicted molar refractivity (Wildman–Crippen MR) is 59.6 cm³/mol. The topological polar surface area (TPSA) is 45.1 Å². The number of nitrogens with one attached hydrogen (secondary N) is 1. The third kappa shape index (κ3) is 2.02. The summed E-state index contributed by atoms with van der Waals surface area (Å²) in [7, 11) is 0. The van der Waals surface area contributed by atoms with Crippen LogP contribution in [0, 0.1) is 0 Å². The highest BCUT2D eigenvalue weighted by atomic mass is 32.1. The Hall–Kier alpha value is -1.13. The zero-order chi connectivity index (χ0) is 9.80. The zero-order valence-electron chi connectivity index (χ0n) is 7.73. The Morgan fingerprint density at radius 1 is 1.50 bits per heavy atom. The molecule has 0 saturated heterocycles. The van der Waals surface area contributed by atoms with E-state index < -0.39 is 0 Å². The van der Waals surface area contributed by atoms with Crippen LogP contribution < -0.4 is 5.32 Å². The summed E-state index contributed by atoms with van der Waals surface area (Å²) >= 11 is 1.63. The summed E-state index contributed by atoms with van der Waals surface area (Å²) in [6, 6.07) is 0. The Bertz CT molecular complexity index is 368. The molecule has 0 radical (unpaired) electrons. The molecule has 4 heteroatoms. The van der Waals surface area contributed by atoms with Crippen molar-refractivity contribution >= 4 is 22.5 Å². The van der Waals surface area contributed by atoms with Gasteiger partial charge in [0.2, 0.25) is 0 Å². The lowest BCUT2D eigenvalue weighted by Crippen LogP contribution is -2.04. The molecule has 74 valence electrons. The van der Waals surface area contributed by atoms with Gasteiger partial charge in [0.25, 0.3) is 0 Å². The minimum absolute atomic E-state index is 0.139. The van der Waals surface area contributed by atoms with E-state index in [-0.39, 0.29) is 6.61 Å². The van der Waals surface area contributed by atoms with Crippen molar-refractivity contribution in [1.29, 1.82) is 0 Å². The summed E-state index contributed by atoms with van der Waals surface area (Å²) in [5, 5.41) is 12.6. The number of hydrogen-bond donors (Lipinski definition) is 2. The molecule has 1 aromatic rings. The average molecular weight is 208 g/mol. The number of hydrogen-bond acceptors (Lipinski definition) is 4. The number of aliphatic hydroxyl groups excluding tert-OH is 1. The number of anilines is 1. The standard InChI is InChI=1S/C10H12N2OS/c13-7-6-11-10-12-8-4-2-1-3-5-9(8)14-10/h1-3,5,13H,4,6-7H2,(H,11,12). The molecule has 1 aromatic heterocycles. The average Bonchev–Trinajstić information content (AvgIpc) is 2.46. The SMILES string of the molecule is OCCNc1nc2c(s1)C=CC=CC2. The molecule has 2 N–H and O–H groups in total. The smallest absolute Gasteiger partial charge is 0.183 e. The van der Waals surface area contributed by atoms with Gasteiger partial charge in [0, 0.05) is 13.0 Å². The third-order valence-electron chi connectivity index (χ3n) is 1.92. The van der Waals surface area contributed by atoms with E-state index in [2.05, 4.69) is 22.5 Å². The molecule has 0 atom stereocenters. The van der Waals surface area contributed by atoms with Gasteiger partial charge in [-0.05, 0) is 6.08 Å². The highest BCUT2D eigenvalue weighted by Crippen LogP contribution is 2.26. The van der Waals surface area contributed by atoms with Crippen molar-refractivity contribution in [3.63, 3.8) is 0 Å². The fraction of sp³-hybridized carbons (Fsp3) is 0.300. The van der Waals surface area contributed by atoms with Crippen LogP contribution in [-0.4, -0.2) is 23.2 Å². The van der Waals surface area contributed by atoms with Crippen LogP contribution >= 0.6 is 11.3 Å². The molecule has 0 bridgehead atoms. The van der Waals surface area contributed by atoms with Gasteiger partial charge in [-0.15, -0.1) is 0 Å². The number of nitrogens with zero attached hydrogens (tertiary/aromatic N) is 1. The van der Waals surface area contributed by atoms with E-state index in [1.54, 1.807) is 11.3 Å². The Kier molecular flexibility index (Phi) is 2.96.